The molecule has 13 heavy (non-hydrogen) atoms. The molecule has 0 aromatic rings. The lowest BCUT2D eigenvalue weighted by Crippen LogP contribution is -2.21. The number of nitrogens with one attached hydrogen (secondary N) is 1. The van der Waals surface area contributed by atoms with Gasteiger partial charge < -0.3 is 9.47 Å². The molecule has 0 radical (unpaired) electrons. The molecule has 78 valence electrons. The maximum absolute atomic E-state index is 10.8. The molecule has 0 fully saturated rings. The van der Waals surface area contributed by atoms with Crippen molar-refractivity contribution in [1.29, 1.82) is 0 Å². The van der Waals surface area contributed by atoms with Crippen molar-refractivity contribution in [1.82, 2.24) is 5.48 Å². The van der Waals surface area contributed by atoms with Crippen molar-refractivity contribution in [2.45, 2.75) is 13.3 Å². The fourth-order valence-electron chi connectivity index (χ4n) is 0.656. The van der Waals surface area contributed by atoms with Crippen LogP contribution >= 0.6 is 0 Å². The monoisotopic (exact) mass is 191 g/mol. The quantitative estimate of drug-likeness (QED) is 0.335. The molecule has 5 heteroatoms. The van der Waals surface area contributed by atoms with E-state index in [1.807, 2.05) is 0 Å². The Bertz CT molecular complexity index is 129. The molecule has 0 aliphatic carbocycles. The average molecular weight is 191 g/mol. The van der Waals surface area contributed by atoms with E-state index in [1.165, 1.54) is 0 Å². The first-order valence-corrected chi connectivity index (χ1v) is 4.30. The minimum Gasteiger partial charge on any atom is -0.466 e. The minimum absolute atomic E-state index is 0.217. The van der Waals surface area contributed by atoms with Gasteiger partial charge in [0.1, 0.15) is 0 Å². The number of hydrogen-bond donors (Lipinski definition) is 1. The van der Waals surface area contributed by atoms with Gasteiger partial charge in [-0.2, -0.15) is 0 Å². The number of methoxy groups -OCH3 is 1. The van der Waals surface area contributed by atoms with Crippen molar-refractivity contribution in [3.05, 3.63) is 0 Å². The average Bonchev–Trinajstić information content (AvgIpc) is 2.11. The lowest BCUT2D eigenvalue weighted by atomic mass is 10.4. The third-order valence-corrected chi connectivity index (χ3v) is 1.23. The van der Waals surface area contributed by atoms with Crippen LogP contribution in [-0.2, 0) is 19.1 Å². The Morgan fingerprint density at radius 1 is 1.38 bits per heavy atom. The molecular formula is C8H17NO4. The van der Waals surface area contributed by atoms with Gasteiger partial charge in [0.25, 0.3) is 0 Å². The highest BCUT2D eigenvalue weighted by atomic mass is 16.7. The van der Waals surface area contributed by atoms with Crippen LogP contribution in [0.2, 0.25) is 0 Å². The Balaban J connectivity index is 3.02. The second kappa shape index (κ2) is 9.44. The molecule has 0 saturated carbocycles. The van der Waals surface area contributed by atoms with Crippen LogP contribution < -0.4 is 5.48 Å². The Morgan fingerprint density at radius 2 is 2.15 bits per heavy atom. The molecule has 5 nitrogen and oxygen atoms in total. The van der Waals surface area contributed by atoms with Crippen LogP contribution in [0.15, 0.2) is 0 Å². The van der Waals surface area contributed by atoms with E-state index >= 15 is 0 Å². The number of rotatable bonds is 8. The fourth-order valence-corrected chi connectivity index (χ4v) is 0.656. The smallest absolute Gasteiger partial charge is 0.307 e. The van der Waals surface area contributed by atoms with Gasteiger partial charge in [-0.1, -0.05) is 0 Å². The minimum atomic E-state index is -0.217. The highest BCUT2D eigenvalue weighted by Gasteiger charge is 1.99. The summed E-state index contributed by atoms with van der Waals surface area (Å²) in [5.41, 5.74) is 2.63. The maximum Gasteiger partial charge on any atom is 0.307 e. The molecule has 0 atom stereocenters. The molecule has 0 aromatic heterocycles. The summed E-state index contributed by atoms with van der Waals surface area (Å²) in [5, 5.41) is 0. The lowest BCUT2D eigenvalue weighted by Gasteiger charge is -2.04. The first-order valence-electron chi connectivity index (χ1n) is 4.30. The zero-order valence-corrected chi connectivity index (χ0v) is 8.17. The van der Waals surface area contributed by atoms with E-state index in [2.05, 4.69) is 5.48 Å². The van der Waals surface area contributed by atoms with Crippen molar-refractivity contribution in [2.24, 2.45) is 0 Å². The van der Waals surface area contributed by atoms with Gasteiger partial charge in [0.15, 0.2) is 0 Å². The Hall–Kier alpha value is -0.650. The predicted octanol–water partition coefficient (Wildman–Crippen LogP) is 0.107. The Labute approximate surface area is 78.3 Å². The summed E-state index contributed by atoms with van der Waals surface area (Å²) in [6.45, 7) is 3.66. The summed E-state index contributed by atoms with van der Waals surface area (Å²) >= 11 is 0. The van der Waals surface area contributed by atoms with Crippen molar-refractivity contribution >= 4 is 5.97 Å². The van der Waals surface area contributed by atoms with E-state index in [0.29, 0.717) is 32.8 Å². The molecule has 0 aromatic carbocycles. The number of carbonyl (C=O) groups is 1. The normalized spacial score (nSPS) is 10.0. The van der Waals surface area contributed by atoms with Gasteiger partial charge >= 0.3 is 5.97 Å². The molecule has 0 spiro atoms. The van der Waals surface area contributed by atoms with E-state index in [1.54, 1.807) is 14.0 Å². The van der Waals surface area contributed by atoms with E-state index in [9.17, 15) is 4.79 Å². The molecular weight excluding hydrogens is 174 g/mol. The molecule has 0 saturated heterocycles. The molecule has 0 amide bonds. The van der Waals surface area contributed by atoms with Crippen LogP contribution in [0.25, 0.3) is 0 Å². The number of carbonyl (C=O) groups excluding carboxylic acids is 1. The molecule has 1 N–H and O–H groups in total. The van der Waals surface area contributed by atoms with E-state index in [0.717, 1.165) is 0 Å². The first kappa shape index (κ1) is 12.3. The van der Waals surface area contributed by atoms with Crippen molar-refractivity contribution in [3.8, 4) is 0 Å². The summed E-state index contributed by atoms with van der Waals surface area (Å²) in [6.07, 6.45) is 0.320. The zero-order valence-electron chi connectivity index (χ0n) is 8.17. The maximum atomic E-state index is 10.8. The van der Waals surface area contributed by atoms with Crippen LogP contribution in [0.4, 0.5) is 0 Å². The van der Waals surface area contributed by atoms with Gasteiger partial charge in [-0.3, -0.25) is 9.63 Å². The van der Waals surface area contributed by atoms with Crippen molar-refractivity contribution in [2.75, 3.05) is 33.5 Å². The number of hydroxylamine groups is 1. The molecule has 0 bridgehead atoms. The molecule has 0 rings (SSSR count). The topological polar surface area (TPSA) is 56.8 Å². The second-order valence-corrected chi connectivity index (χ2v) is 2.29. The highest BCUT2D eigenvalue weighted by molar-refractivity contribution is 5.69. The summed E-state index contributed by atoms with van der Waals surface area (Å²) in [4.78, 5) is 15.7. The Morgan fingerprint density at radius 3 is 2.77 bits per heavy atom. The third kappa shape index (κ3) is 9.26. The SMILES string of the molecule is CCOC(=O)CCNOCCOC. The van der Waals surface area contributed by atoms with Crippen LogP contribution in [0.1, 0.15) is 13.3 Å². The van der Waals surface area contributed by atoms with E-state index < -0.39 is 0 Å². The summed E-state index contributed by atoms with van der Waals surface area (Å²) in [6, 6.07) is 0. The van der Waals surface area contributed by atoms with E-state index in [-0.39, 0.29) is 5.97 Å². The van der Waals surface area contributed by atoms with Gasteiger partial charge in [-0.15, -0.1) is 0 Å². The predicted molar refractivity (Wildman–Crippen MR) is 47.1 cm³/mol. The number of hydrogen-bond acceptors (Lipinski definition) is 5. The highest BCUT2D eigenvalue weighted by Crippen LogP contribution is 1.83. The van der Waals surface area contributed by atoms with Gasteiger partial charge in [0, 0.05) is 13.7 Å². The molecule has 0 unspecified atom stereocenters. The van der Waals surface area contributed by atoms with Gasteiger partial charge in [-0.05, 0) is 6.92 Å². The van der Waals surface area contributed by atoms with Gasteiger partial charge in [0.2, 0.25) is 0 Å². The molecule has 0 aliphatic rings. The molecule has 0 heterocycles. The summed E-state index contributed by atoms with van der Waals surface area (Å²) in [5.74, 6) is -0.217. The summed E-state index contributed by atoms with van der Waals surface area (Å²) in [7, 11) is 1.60. The van der Waals surface area contributed by atoms with Crippen LogP contribution in [0.3, 0.4) is 0 Å². The third-order valence-electron chi connectivity index (χ3n) is 1.23. The van der Waals surface area contributed by atoms with Crippen molar-refractivity contribution in [3.63, 3.8) is 0 Å². The standard InChI is InChI=1S/C8H17NO4/c1-3-12-8(10)4-5-9-13-7-6-11-2/h9H,3-7H2,1-2H3. The second-order valence-electron chi connectivity index (χ2n) is 2.29. The summed E-state index contributed by atoms with van der Waals surface area (Å²) < 4.78 is 9.46. The largest absolute Gasteiger partial charge is 0.466 e. The lowest BCUT2D eigenvalue weighted by molar-refractivity contribution is -0.143. The Kier molecular flexibility index (Phi) is 8.97. The van der Waals surface area contributed by atoms with Crippen LogP contribution in [0, 0.1) is 0 Å². The van der Waals surface area contributed by atoms with Crippen LogP contribution in [-0.4, -0.2) is 39.4 Å². The fraction of sp³-hybridized carbons (Fsp3) is 0.875. The zero-order chi connectivity index (χ0) is 9.94. The number of esters is 1. The first-order chi connectivity index (χ1) is 6.31. The van der Waals surface area contributed by atoms with Crippen molar-refractivity contribution < 1.29 is 19.1 Å². The number of ether oxygens (including phenoxy) is 2. The van der Waals surface area contributed by atoms with Crippen LogP contribution in [0.5, 0.6) is 0 Å². The van der Waals surface area contributed by atoms with E-state index in [4.69, 9.17) is 14.3 Å². The van der Waals surface area contributed by atoms with Gasteiger partial charge in [-0.25, -0.2) is 5.48 Å². The molecule has 0 aliphatic heterocycles. The van der Waals surface area contributed by atoms with Gasteiger partial charge in [0.05, 0.1) is 26.2 Å².